The number of hydrogen-bond donors (Lipinski definition) is 3. The molecule has 0 aliphatic carbocycles. The van der Waals surface area contributed by atoms with Crippen LogP contribution in [0, 0.1) is 0 Å². The molecule has 2 aromatic carbocycles. The average Bonchev–Trinajstić information content (AvgIpc) is 3.33. The first-order valence-electron chi connectivity index (χ1n) is 10.3. The van der Waals surface area contributed by atoms with Crippen molar-refractivity contribution in [3.8, 4) is 22.6 Å². The molecule has 0 saturated heterocycles. The number of amides is 1. The van der Waals surface area contributed by atoms with E-state index >= 15 is 0 Å². The van der Waals surface area contributed by atoms with Crippen molar-refractivity contribution in [2.45, 2.75) is 19.4 Å². The van der Waals surface area contributed by atoms with Crippen LogP contribution in [0.5, 0.6) is 0 Å². The molecule has 0 aliphatic rings. The number of aliphatic hydroxyl groups is 1. The Morgan fingerprint density at radius 1 is 1.06 bits per heavy atom. The fourth-order valence-electron chi connectivity index (χ4n) is 3.46. The van der Waals surface area contributed by atoms with Gasteiger partial charge >= 0.3 is 0 Å². The fraction of sp³-hybridized carbons (Fsp3) is 0.160. The van der Waals surface area contributed by atoms with Gasteiger partial charge in [-0.25, -0.2) is 9.97 Å². The van der Waals surface area contributed by atoms with E-state index in [2.05, 4.69) is 22.2 Å². The topological polar surface area (TPSA) is 90.9 Å². The number of aromatic amines is 1. The Morgan fingerprint density at radius 3 is 2.45 bits per heavy atom. The third-order valence-electron chi connectivity index (χ3n) is 5.17. The summed E-state index contributed by atoms with van der Waals surface area (Å²) in [6.45, 7) is 1.87. The lowest BCUT2D eigenvalue weighted by Crippen LogP contribution is -2.30. The molecule has 156 valence electrons. The van der Waals surface area contributed by atoms with E-state index in [0.29, 0.717) is 11.5 Å². The number of rotatable bonds is 7. The number of benzene rings is 2. The van der Waals surface area contributed by atoms with Crippen LogP contribution in [-0.4, -0.2) is 32.6 Å². The second-order valence-corrected chi connectivity index (χ2v) is 7.21. The van der Waals surface area contributed by atoms with Crippen molar-refractivity contribution in [2.75, 3.05) is 6.61 Å². The molecule has 3 N–H and O–H groups in total. The van der Waals surface area contributed by atoms with Crippen molar-refractivity contribution in [1.82, 2.24) is 20.3 Å². The third kappa shape index (κ3) is 4.54. The second kappa shape index (κ2) is 9.36. The molecule has 6 nitrogen and oxygen atoms in total. The van der Waals surface area contributed by atoms with Crippen LogP contribution in [0.2, 0.25) is 0 Å². The first-order chi connectivity index (χ1) is 15.2. The first kappa shape index (κ1) is 20.5. The van der Waals surface area contributed by atoms with Gasteiger partial charge in [0.25, 0.3) is 5.91 Å². The summed E-state index contributed by atoms with van der Waals surface area (Å²) in [5.74, 6) is 0.356. The molecule has 0 spiro atoms. The van der Waals surface area contributed by atoms with E-state index in [4.69, 9.17) is 4.98 Å². The summed E-state index contributed by atoms with van der Waals surface area (Å²) < 4.78 is 0. The molecular formula is C25H24N4O2. The molecule has 2 heterocycles. The first-order valence-corrected chi connectivity index (χ1v) is 10.3. The summed E-state index contributed by atoms with van der Waals surface area (Å²) in [6.07, 6.45) is 4.40. The van der Waals surface area contributed by atoms with E-state index < -0.39 is 6.04 Å². The largest absolute Gasteiger partial charge is 0.394 e. The summed E-state index contributed by atoms with van der Waals surface area (Å²) in [4.78, 5) is 25.1. The predicted molar refractivity (Wildman–Crippen MR) is 120 cm³/mol. The maximum atomic E-state index is 12.8. The number of H-pyrrole nitrogens is 1. The lowest BCUT2D eigenvalue weighted by atomic mass is 10.1. The Bertz CT molecular complexity index is 1160. The predicted octanol–water partition coefficient (Wildman–Crippen LogP) is 4.16. The average molecular weight is 412 g/mol. The highest BCUT2D eigenvalue weighted by Crippen LogP contribution is 2.26. The molecule has 4 rings (SSSR count). The van der Waals surface area contributed by atoms with Crippen molar-refractivity contribution in [1.29, 1.82) is 0 Å². The minimum absolute atomic E-state index is 0.185. The van der Waals surface area contributed by atoms with Crippen LogP contribution in [0.15, 0.2) is 79.1 Å². The normalized spacial score (nSPS) is 11.8. The summed E-state index contributed by atoms with van der Waals surface area (Å²) in [7, 11) is 0. The van der Waals surface area contributed by atoms with Crippen molar-refractivity contribution in [3.05, 3.63) is 95.9 Å². The van der Waals surface area contributed by atoms with Crippen LogP contribution in [0.1, 0.15) is 34.6 Å². The number of hydrogen-bond acceptors (Lipinski definition) is 4. The number of aliphatic hydroxyl groups excluding tert-OH is 1. The molecule has 31 heavy (non-hydrogen) atoms. The fourth-order valence-corrected chi connectivity index (χ4v) is 3.46. The van der Waals surface area contributed by atoms with Crippen molar-refractivity contribution in [2.24, 2.45) is 0 Å². The Morgan fingerprint density at radius 2 is 1.77 bits per heavy atom. The molecule has 0 aliphatic heterocycles. The molecule has 0 unspecified atom stereocenters. The number of nitrogens with zero attached hydrogens (tertiary/aromatic N) is 2. The van der Waals surface area contributed by atoms with Gasteiger partial charge in [-0.15, -0.1) is 0 Å². The van der Waals surface area contributed by atoms with Crippen LogP contribution >= 0.6 is 0 Å². The number of carbonyl (C=O) groups excluding carboxylic acids is 1. The number of nitrogens with one attached hydrogen (secondary N) is 2. The highest BCUT2D eigenvalue weighted by atomic mass is 16.3. The molecule has 0 bridgehead atoms. The van der Waals surface area contributed by atoms with Gasteiger partial charge in [-0.1, -0.05) is 67.6 Å². The minimum atomic E-state index is -0.476. The van der Waals surface area contributed by atoms with E-state index in [-0.39, 0.29) is 12.5 Å². The minimum Gasteiger partial charge on any atom is -0.394 e. The maximum Gasteiger partial charge on any atom is 0.268 e. The van der Waals surface area contributed by atoms with Crippen LogP contribution in [0.3, 0.4) is 0 Å². The van der Waals surface area contributed by atoms with Gasteiger partial charge in [0.05, 0.1) is 18.3 Å². The molecule has 1 atom stereocenters. The smallest absolute Gasteiger partial charge is 0.268 e. The zero-order valence-corrected chi connectivity index (χ0v) is 17.2. The van der Waals surface area contributed by atoms with E-state index in [9.17, 15) is 9.90 Å². The summed E-state index contributed by atoms with van der Waals surface area (Å²) in [5.41, 5.74) is 4.82. The van der Waals surface area contributed by atoms with Gasteiger partial charge in [-0.2, -0.15) is 0 Å². The molecule has 4 aromatic rings. The van der Waals surface area contributed by atoms with E-state index in [0.717, 1.165) is 34.4 Å². The summed E-state index contributed by atoms with van der Waals surface area (Å²) >= 11 is 0. The van der Waals surface area contributed by atoms with Gasteiger partial charge in [0.15, 0.2) is 5.82 Å². The van der Waals surface area contributed by atoms with Crippen LogP contribution < -0.4 is 5.32 Å². The van der Waals surface area contributed by atoms with Gasteiger partial charge in [-0.05, 0) is 23.6 Å². The second-order valence-electron chi connectivity index (χ2n) is 7.21. The Labute approximate surface area is 181 Å². The maximum absolute atomic E-state index is 12.8. The summed E-state index contributed by atoms with van der Waals surface area (Å²) in [5, 5.41) is 12.6. The number of aryl methyl sites for hydroxylation is 1. The molecule has 1 amide bonds. The molecule has 0 saturated carbocycles. The zero-order valence-electron chi connectivity index (χ0n) is 17.2. The quantitative estimate of drug-likeness (QED) is 0.425. The van der Waals surface area contributed by atoms with Gasteiger partial charge < -0.3 is 15.4 Å². The van der Waals surface area contributed by atoms with Gasteiger partial charge in [0.1, 0.15) is 5.69 Å². The van der Waals surface area contributed by atoms with E-state index in [1.807, 2.05) is 66.9 Å². The standard InChI is InChI=1S/C25H24N4O2/c1-2-17-14-27-24(19-11-7-4-8-12-19)29-23(17)20-13-21(26-15-20)25(31)28-22(16-30)18-9-5-3-6-10-18/h3-15,22,26,30H,2,16H2,1H3,(H,28,31)/t22-/m0/s1. The van der Waals surface area contributed by atoms with Crippen LogP contribution in [0.25, 0.3) is 22.6 Å². The molecule has 0 fully saturated rings. The Balaban J connectivity index is 1.60. The zero-order chi connectivity index (χ0) is 21.6. The van der Waals surface area contributed by atoms with Crippen molar-refractivity contribution in [3.63, 3.8) is 0 Å². The third-order valence-corrected chi connectivity index (χ3v) is 5.17. The van der Waals surface area contributed by atoms with Crippen molar-refractivity contribution >= 4 is 5.91 Å². The van der Waals surface area contributed by atoms with Gasteiger partial charge in [-0.3, -0.25) is 4.79 Å². The van der Waals surface area contributed by atoms with Crippen molar-refractivity contribution < 1.29 is 9.90 Å². The van der Waals surface area contributed by atoms with E-state index in [1.165, 1.54) is 0 Å². The lowest BCUT2D eigenvalue weighted by Gasteiger charge is -2.16. The number of carbonyl (C=O) groups is 1. The monoisotopic (exact) mass is 412 g/mol. The van der Waals surface area contributed by atoms with Crippen LogP contribution in [-0.2, 0) is 6.42 Å². The molecule has 6 heteroatoms. The lowest BCUT2D eigenvalue weighted by molar-refractivity contribution is 0.0912. The highest BCUT2D eigenvalue weighted by Gasteiger charge is 2.18. The molecule has 2 aromatic heterocycles. The van der Waals surface area contributed by atoms with Crippen LogP contribution in [0.4, 0.5) is 0 Å². The van der Waals surface area contributed by atoms with E-state index in [1.54, 1.807) is 12.3 Å². The van der Waals surface area contributed by atoms with Gasteiger partial charge in [0, 0.05) is 23.5 Å². The molecular weight excluding hydrogens is 388 g/mol. The Hall–Kier alpha value is -3.77. The summed E-state index contributed by atoms with van der Waals surface area (Å²) in [6, 6.07) is 20.5. The molecule has 0 radical (unpaired) electrons. The number of aromatic nitrogens is 3. The van der Waals surface area contributed by atoms with Gasteiger partial charge in [0.2, 0.25) is 0 Å². The Kier molecular flexibility index (Phi) is 6.19. The highest BCUT2D eigenvalue weighted by molar-refractivity contribution is 5.94. The SMILES string of the molecule is CCc1cnc(-c2ccccc2)nc1-c1c[nH]c(C(=O)N[C@@H](CO)c2ccccc2)c1.